The first-order valence-corrected chi connectivity index (χ1v) is 38.9. The maximum Gasteiger partial charge on any atom is 1.00 e. The van der Waals surface area contributed by atoms with E-state index in [1.165, 1.54) is 129 Å². The van der Waals surface area contributed by atoms with Crippen molar-refractivity contribution in [3.8, 4) is 22.3 Å². The molecule has 0 amide bonds. The smallest absolute Gasteiger partial charge is 0.0805 e. The van der Waals surface area contributed by atoms with Crippen molar-refractivity contribution in [3.05, 3.63) is 344 Å². The Morgan fingerprint density at radius 2 is 0.596 bits per heavy atom. The first-order valence-electron chi connectivity index (χ1n) is 38.9. The van der Waals surface area contributed by atoms with Crippen LogP contribution in [0.2, 0.25) is 0 Å². The van der Waals surface area contributed by atoms with E-state index in [4.69, 9.17) is 0 Å². The summed E-state index contributed by atoms with van der Waals surface area (Å²) in [4.78, 5) is 0. The van der Waals surface area contributed by atoms with E-state index in [1.807, 2.05) is 0 Å². The van der Waals surface area contributed by atoms with Gasteiger partial charge in [0.1, 0.15) is 0 Å². The third kappa shape index (κ3) is 14.4. The minimum atomic E-state index is -0.275. The number of hydrogen-bond acceptors (Lipinski definition) is 0. The SMILES string of the molecule is CC(=C1C=CC=C1)c1cccc(C(C)=C2C=CC=C2)c1.CC(C)(C)C1=CC2C(C=C1)CC1C=CC(C(C)(C)C)=CC12.CC(C)(C)c1ccc2c(c1)-c1cc(C(C)(C)C)ccc1C2C(C)(c1cccc(C(C)(C2C=CC=C2)C2c3ccc(C(C)(C)C)cc3-c3cc(C(C)(C)C)ccc32)c1)C1C=CC=C1.[Li+]. The molecule has 9 aliphatic carbocycles. The van der Waals surface area contributed by atoms with Crippen LogP contribution in [0.25, 0.3) is 33.4 Å². The van der Waals surface area contributed by atoms with Crippen LogP contribution in [0.3, 0.4) is 0 Å². The normalized spacial score (nSPS) is 21.1. The molecule has 6 unspecified atom stereocenters. The van der Waals surface area contributed by atoms with Gasteiger partial charge in [-0.25, -0.2) is 0 Å². The van der Waals surface area contributed by atoms with Gasteiger partial charge in [0.15, 0.2) is 0 Å². The summed E-state index contributed by atoms with van der Waals surface area (Å²) in [6.07, 6.45) is 52.2. The van der Waals surface area contributed by atoms with Crippen LogP contribution in [0.15, 0.2) is 277 Å². The molecule has 0 saturated heterocycles. The first-order chi connectivity index (χ1) is 48.4. The molecule has 0 N–H and O–H groups in total. The monoisotopic (exact) mass is 1360 g/mol. The molecule has 0 nitrogen and oxygen atoms in total. The summed E-state index contributed by atoms with van der Waals surface area (Å²) >= 11 is 0. The summed E-state index contributed by atoms with van der Waals surface area (Å²) in [6.45, 7) is 51.6. The minimum absolute atomic E-state index is 0. The Balaban J connectivity index is 0.000000195. The summed E-state index contributed by atoms with van der Waals surface area (Å²) in [5.74, 6) is 3.68. The number of fused-ring (bicyclic) bond motifs is 9. The Hall–Kier alpha value is -7.72. The van der Waals surface area contributed by atoms with Crippen molar-refractivity contribution in [3.63, 3.8) is 0 Å². The van der Waals surface area contributed by atoms with Crippen LogP contribution in [0, 0.1) is 46.3 Å². The van der Waals surface area contributed by atoms with Gasteiger partial charge in [0, 0.05) is 34.5 Å². The van der Waals surface area contributed by atoms with Crippen LogP contribution in [0.4, 0.5) is 0 Å². The van der Waals surface area contributed by atoms with E-state index in [9.17, 15) is 0 Å². The van der Waals surface area contributed by atoms with Crippen LogP contribution in [0.5, 0.6) is 0 Å². The molecule has 0 spiro atoms. The molecule has 0 bridgehead atoms. The molecule has 9 aliphatic rings. The van der Waals surface area contributed by atoms with Crippen LogP contribution in [0.1, 0.15) is 237 Å². The summed E-state index contributed by atoms with van der Waals surface area (Å²) in [6, 6.07) is 48.5. The second-order valence-corrected chi connectivity index (χ2v) is 38.2. The summed E-state index contributed by atoms with van der Waals surface area (Å²) in [5, 5.41) is 0. The quantitative estimate of drug-likeness (QED) is 0.133. The largest absolute Gasteiger partial charge is 1.00 e. The van der Waals surface area contributed by atoms with E-state index in [2.05, 4.69) is 407 Å². The number of hydrogen-bond donors (Lipinski definition) is 0. The van der Waals surface area contributed by atoms with Gasteiger partial charge in [-0.2, -0.15) is 0 Å². The van der Waals surface area contributed by atoms with E-state index in [1.54, 1.807) is 0 Å². The van der Waals surface area contributed by atoms with Crippen LogP contribution in [-0.2, 0) is 32.5 Å². The molecule has 0 aromatic heterocycles. The van der Waals surface area contributed by atoms with Gasteiger partial charge in [0.2, 0.25) is 0 Å². The standard InChI is InChI=1S/C62H70.C21H30.C20H18.Li/c1-57(2,3)41-26-30-47-51(35-41)52-36-42(58(4,5)6)27-31-48(52)55(47)61(13,39-20-15-16-21-39)45-24-19-25-46(34-45)62(14,40-22-17-18-23-40)56-49-32-28-43(59(7,8)9)37-53(49)54-38-44(60(10,11)12)29-33-50(54)56;1-20(2,3)16-9-7-14-11-15-8-10-17(21(4,5)6)13-19(15)18(14)12-16;1-15(17-8-3-4-9-17)19-12-7-13-20(14-19)16(2)18-10-5-6-11-18;/h15-40,55-56H,1-14H3;7-10,12-15,18-19H,11H2,1-6H3;3-14H,1-2H3;/q;;;+1. The van der Waals surface area contributed by atoms with Crippen molar-refractivity contribution in [2.75, 3.05) is 0 Å². The Labute approximate surface area is 641 Å². The van der Waals surface area contributed by atoms with Crippen LogP contribution >= 0.6 is 0 Å². The second kappa shape index (κ2) is 28.2. The van der Waals surface area contributed by atoms with Gasteiger partial charge >= 0.3 is 18.9 Å². The van der Waals surface area contributed by atoms with Gasteiger partial charge in [-0.1, -0.05) is 387 Å². The van der Waals surface area contributed by atoms with E-state index in [-0.39, 0.29) is 85.9 Å². The Morgan fingerprint density at radius 1 is 0.298 bits per heavy atom. The molecule has 104 heavy (non-hydrogen) atoms. The zero-order chi connectivity index (χ0) is 73.7. The van der Waals surface area contributed by atoms with E-state index < -0.39 is 0 Å². The van der Waals surface area contributed by atoms with Gasteiger partial charge in [0.25, 0.3) is 0 Å². The molecule has 6 aromatic rings. The van der Waals surface area contributed by atoms with Crippen LogP contribution in [-0.4, -0.2) is 0 Å². The molecule has 0 heterocycles. The van der Waals surface area contributed by atoms with Gasteiger partial charge in [-0.3, -0.25) is 0 Å². The average Bonchev–Trinajstić information content (AvgIpc) is 1.53. The van der Waals surface area contributed by atoms with Crippen molar-refractivity contribution in [1.82, 2.24) is 0 Å². The summed E-state index contributed by atoms with van der Waals surface area (Å²) < 4.78 is 0. The minimum Gasteiger partial charge on any atom is -0.0805 e. The zero-order valence-electron chi connectivity index (χ0n) is 67.6. The fourth-order valence-electron chi connectivity index (χ4n) is 18.2. The number of allylic oxidation sites excluding steroid dienone is 28. The Kier molecular flexibility index (Phi) is 20.6. The van der Waals surface area contributed by atoms with Crippen molar-refractivity contribution in [1.29, 1.82) is 0 Å². The molecule has 0 radical (unpaired) electrons. The van der Waals surface area contributed by atoms with Crippen molar-refractivity contribution < 1.29 is 18.9 Å². The summed E-state index contributed by atoms with van der Waals surface area (Å²) in [5.41, 5.74) is 30.9. The predicted octanol–water partition coefficient (Wildman–Crippen LogP) is 24.9. The van der Waals surface area contributed by atoms with Crippen molar-refractivity contribution in [2.45, 2.75) is 203 Å². The Morgan fingerprint density at radius 3 is 0.885 bits per heavy atom. The first kappa shape index (κ1) is 75.9. The fourth-order valence-corrected chi connectivity index (χ4v) is 18.2. The topological polar surface area (TPSA) is 0 Å². The Bertz CT molecular complexity index is 4310. The number of benzene rings is 6. The van der Waals surface area contributed by atoms with Gasteiger partial charge in [-0.15, -0.1) is 0 Å². The predicted molar refractivity (Wildman–Crippen MR) is 447 cm³/mol. The van der Waals surface area contributed by atoms with Gasteiger partial charge in [-0.05, 0) is 205 Å². The molecular formula is C103H118Li+. The molecule has 1 heteroatoms. The second-order valence-electron chi connectivity index (χ2n) is 38.2. The molecular weight excluding hydrogens is 1240 g/mol. The van der Waals surface area contributed by atoms with Crippen molar-refractivity contribution >= 4 is 11.1 Å². The van der Waals surface area contributed by atoms with E-state index in [0.29, 0.717) is 11.8 Å². The third-order valence-corrected chi connectivity index (χ3v) is 25.1. The fraction of sp³-hybridized carbons (Fsp3) is 0.379. The molecule has 1 fully saturated rings. The molecule has 530 valence electrons. The third-order valence-electron chi connectivity index (χ3n) is 25.1. The molecule has 1 saturated carbocycles. The maximum atomic E-state index is 2.65. The molecule has 0 aliphatic heterocycles. The van der Waals surface area contributed by atoms with E-state index >= 15 is 0 Å². The molecule has 6 atom stereocenters. The van der Waals surface area contributed by atoms with Crippen molar-refractivity contribution in [2.24, 2.45) is 46.3 Å². The van der Waals surface area contributed by atoms with Crippen LogP contribution < -0.4 is 18.9 Å². The average molecular weight is 1360 g/mol. The van der Waals surface area contributed by atoms with E-state index in [0.717, 1.165) is 11.8 Å². The molecule has 6 aromatic carbocycles. The molecule has 15 rings (SSSR count). The summed E-state index contributed by atoms with van der Waals surface area (Å²) in [7, 11) is 0. The zero-order valence-corrected chi connectivity index (χ0v) is 67.6. The maximum absolute atomic E-state index is 2.65. The van der Waals surface area contributed by atoms with Gasteiger partial charge in [0.05, 0.1) is 0 Å². The number of rotatable bonds is 8. The van der Waals surface area contributed by atoms with Gasteiger partial charge < -0.3 is 0 Å².